The maximum Gasteiger partial charge on any atom is 0.253 e. The highest BCUT2D eigenvalue weighted by atomic mass is 16.5. The Hall–Kier alpha value is -1.53. The molecule has 1 aliphatic carbocycles. The van der Waals surface area contributed by atoms with E-state index in [1.807, 2.05) is 19.3 Å². The largest absolute Gasteiger partial charge is 0.363 e. The van der Waals surface area contributed by atoms with Crippen LogP contribution < -0.4 is 5.32 Å². The normalized spacial score (nSPS) is 25.2. The fourth-order valence-electron chi connectivity index (χ4n) is 3.71. The predicted octanol–water partition coefficient (Wildman–Crippen LogP) is 2.08. The lowest BCUT2D eigenvalue weighted by molar-refractivity contribution is -0.157. The lowest BCUT2D eigenvalue weighted by Gasteiger charge is -2.39. The second-order valence-electron chi connectivity index (χ2n) is 7.50. The third-order valence-corrected chi connectivity index (χ3v) is 5.16. The molecular weight excluding hydrogens is 316 g/mol. The van der Waals surface area contributed by atoms with Gasteiger partial charge in [0.15, 0.2) is 5.60 Å². The van der Waals surface area contributed by atoms with Gasteiger partial charge in [0.2, 0.25) is 0 Å². The van der Waals surface area contributed by atoms with Crippen LogP contribution in [-0.4, -0.2) is 52.1 Å². The minimum absolute atomic E-state index is 0.0265. The number of hydrogen-bond acceptors (Lipinski definition) is 5. The summed E-state index contributed by atoms with van der Waals surface area (Å²) in [7, 11) is 0. The summed E-state index contributed by atoms with van der Waals surface area (Å²) >= 11 is 0. The molecule has 0 unspecified atom stereocenters. The molecule has 1 aromatic rings. The number of amides is 1. The SMILES string of the molecule is CCCc1ncc(CN2CCO[C@@](C)(C(=O)NC3CCCC3)C2)cn1. The molecule has 1 saturated carbocycles. The van der Waals surface area contributed by atoms with Gasteiger partial charge in [-0.2, -0.15) is 0 Å². The Balaban J connectivity index is 1.56. The maximum atomic E-state index is 12.7. The van der Waals surface area contributed by atoms with E-state index in [4.69, 9.17) is 4.74 Å². The molecule has 1 N–H and O–H groups in total. The van der Waals surface area contributed by atoms with Crippen molar-refractivity contribution < 1.29 is 9.53 Å². The molecule has 1 aliphatic heterocycles. The third-order valence-electron chi connectivity index (χ3n) is 5.16. The number of nitrogens with one attached hydrogen (secondary N) is 1. The third kappa shape index (κ3) is 4.76. The molecule has 1 saturated heterocycles. The first-order valence-corrected chi connectivity index (χ1v) is 9.56. The predicted molar refractivity (Wildman–Crippen MR) is 96.1 cm³/mol. The van der Waals surface area contributed by atoms with Crippen LogP contribution in [0.4, 0.5) is 0 Å². The Morgan fingerprint density at radius 2 is 2.08 bits per heavy atom. The van der Waals surface area contributed by atoms with Crippen LogP contribution in [0.25, 0.3) is 0 Å². The van der Waals surface area contributed by atoms with Gasteiger partial charge in [-0.15, -0.1) is 0 Å². The van der Waals surface area contributed by atoms with Crippen molar-refractivity contribution in [3.05, 3.63) is 23.8 Å². The van der Waals surface area contributed by atoms with E-state index in [9.17, 15) is 4.79 Å². The van der Waals surface area contributed by atoms with Gasteiger partial charge in [0.05, 0.1) is 6.61 Å². The van der Waals surface area contributed by atoms with Crippen molar-refractivity contribution in [3.8, 4) is 0 Å². The summed E-state index contributed by atoms with van der Waals surface area (Å²) < 4.78 is 5.87. The van der Waals surface area contributed by atoms with Crippen molar-refractivity contribution in [3.63, 3.8) is 0 Å². The molecule has 1 atom stereocenters. The van der Waals surface area contributed by atoms with E-state index in [1.54, 1.807) is 0 Å². The Kier molecular flexibility index (Phi) is 6.02. The second-order valence-corrected chi connectivity index (χ2v) is 7.50. The van der Waals surface area contributed by atoms with Gasteiger partial charge in [-0.25, -0.2) is 9.97 Å². The zero-order valence-corrected chi connectivity index (χ0v) is 15.5. The molecule has 138 valence electrons. The van der Waals surface area contributed by atoms with Crippen LogP contribution in [0.15, 0.2) is 12.4 Å². The van der Waals surface area contributed by atoms with E-state index >= 15 is 0 Å². The fourth-order valence-corrected chi connectivity index (χ4v) is 3.71. The zero-order chi connectivity index (χ0) is 17.7. The van der Waals surface area contributed by atoms with Crippen LogP contribution >= 0.6 is 0 Å². The lowest BCUT2D eigenvalue weighted by atomic mass is 10.0. The number of nitrogens with zero attached hydrogens (tertiary/aromatic N) is 3. The summed E-state index contributed by atoms with van der Waals surface area (Å²) in [5, 5.41) is 3.18. The summed E-state index contributed by atoms with van der Waals surface area (Å²) in [4.78, 5) is 23.8. The standard InChI is InChI=1S/C19H30N4O2/c1-3-6-17-20-11-15(12-21-17)13-23-9-10-25-19(2,14-23)18(24)22-16-7-4-5-8-16/h11-12,16H,3-10,13-14H2,1-2H3,(H,22,24)/t19-/m1/s1. The van der Waals surface area contributed by atoms with Gasteiger partial charge < -0.3 is 10.1 Å². The summed E-state index contributed by atoms with van der Waals surface area (Å²) in [6.45, 7) is 6.78. The first kappa shape index (κ1) is 18.3. The van der Waals surface area contributed by atoms with E-state index in [0.29, 0.717) is 19.2 Å². The van der Waals surface area contributed by atoms with Gasteiger partial charge in [-0.3, -0.25) is 9.69 Å². The molecule has 2 aliphatic rings. The van der Waals surface area contributed by atoms with Crippen LogP contribution in [0, 0.1) is 0 Å². The Morgan fingerprint density at radius 1 is 1.36 bits per heavy atom. The van der Waals surface area contributed by atoms with Crippen molar-refractivity contribution >= 4 is 5.91 Å². The number of aryl methyl sites for hydroxylation is 1. The molecular formula is C19H30N4O2. The van der Waals surface area contributed by atoms with E-state index in [2.05, 4.69) is 27.1 Å². The number of morpholine rings is 1. The quantitative estimate of drug-likeness (QED) is 0.854. The topological polar surface area (TPSA) is 67.4 Å². The van der Waals surface area contributed by atoms with E-state index in [-0.39, 0.29) is 5.91 Å². The molecule has 6 nitrogen and oxygen atoms in total. The fraction of sp³-hybridized carbons (Fsp3) is 0.737. The molecule has 0 aromatic carbocycles. The van der Waals surface area contributed by atoms with Crippen molar-refractivity contribution in [1.29, 1.82) is 0 Å². The number of ether oxygens (including phenoxy) is 1. The monoisotopic (exact) mass is 346 g/mol. The van der Waals surface area contributed by atoms with Crippen LogP contribution in [0.3, 0.4) is 0 Å². The van der Waals surface area contributed by atoms with Gasteiger partial charge in [0, 0.05) is 50.1 Å². The summed E-state index contributed by atoms with van der Waals surface area (Å²) in [6.07, 6.45) is 10.4. The highest BCUT2D eigenvalue weighted by molar-refractivity contribution is 5.85. The van der Waals surface area contributed by atoms with E-state index < -0.39 is 5.60 Å². The van der Waals surface area contributed by atoms with Crippen molar-refractivity contribution in [2.45, 2.75) is 70.6 Å². The van der Waals surface area contributed by atoms with Gasteiger partial charge in [0.1, 0.15) is 5.82 Å². The number of carbonyl (C=O) groups excluding carboxylic acids is 1. The maximum absolute atomic E-state index is 12.7. The van der Waals surface area contributed by atoms with E-state index in [0.717, 1.165) is 50.2 Å². The van der Waals surface area contributed by atoms with Gasteiger partial charge in [0.25, 0.3) is 5.91 Å². The highest BCUT2D eigenvalue weighted by Gasteiger charge is 2.40. The van der Waals surface area contributed by atoms with Crippen molar-refractivity contribution in [2.24, 2.45) is 0 Å². The molecule has 2 fully saturated rings. The summed E-state index contributed by atoms with van der Waals surface area (Å²) in [6, 6.07) is 0.322. The second kappa shape index (κ2) is 8.23. The molecule has 1 aromatic heterocycles. The molecule has 0 spiro atoms. The molecule has 0 radical (unpaired) electrons. The average Bonchev–Trinajstić information content (AvgIpc) is 3.10. The van der Waals surface area contributed by atoms with Crippen LogP contribution in [0.1, 0.15) is 57.3 Å². The Labute approximate surface area is 150 Å². The molecule has 6 heteroatoms. The van der Waals surface area contributed by atoms with Gasteiger partial charge >= 0.3 is 0 Å². The van der Waals surface area contributed by atoms with Crippen molar-refractivity contribution in [2.75, 3.05) is 19.7 Å². The minimum Gasteiger partial charge on any atom is -0.363 e. The molecule has 1 amide bonds. The van der Waals surface area contributed by atoms with Crippen LogP contribution in [0.5, 0.6) is 0 Å². The minimum atomic E-state index is -0.774. The zero-order valence-electron chi connectivity index (χ0n) is 15.5. The van der Waals surface area contributed by atoms with E-state index in [1.165, 1.54) is 12.8 Å². The number of aromatic nitrogens is 2. The van der Waals surface area contributed by atoms with Crippen molar-refractivity contribution in [1.82, 2.24) is 20.2 Å². The number of carbonyl (C=O) groups is 1. The smallest absolute Gasteiger partial charge is 0.253 e. The first-order valence-electron chi connectivity index (χ1n) is 9.56. The summed E-state index contributed by atoms with van der Waals surface area (Å²) in [5.74, 6) is 0.924. The first-order chi connectivity index (χ1) is 12.1. The molecule has 25 heavy (non-hydrogen) atoms. The van der Waals surface area contributed by atoms with Crippen LogP contribution in [-0.2, 0) is 22.5 Å². The summed E-state index contributed by atoms with van der Waals surface area (Å²) in [5.41, 5.74) is 0.310. The molecule has 3 rings (SSSR count). The molecule has 0 bridgehead atoms. The van der Waals surface area contributed by atoms with Gasteiger partial charge in [-0.1, -0.05) is 19.8 Å². The lowest BCUT2D eigenvalue weighted by Crippen LogP contribution is -2.59. The Morgan fingerprint density at radius 3 is 2.76 bits per heavy atom. The highest BCUT2D eigenvalue weighted by Crippen LogP contribution is 2.23. The van der Waals surface area contributed by atoms with Crippen LogP contribution in [0.2, 0.25) is 0 Å². The van der Waals surface area contributed by atoms with Gasteiger partial charge in [-0.05, 0) is 26.2 Å². The number of hydrogen-bond donors (Lipinski definition) is 1. The molecule has 2 heterocycles. The average molecular weight is 346 g/mol. The number of rotatable bonds is 6. The Bertz CT molecular complexity index is 571.